The van der Waals surface area contributed by atoms with Crippen LogP contribution in [0.2, 0.25) is 0 Å². The second kappa shape index (κ2) is 10.7. The highest BCUT2D eigenvalue weighted by Gasteiger charge is 2.19. The first-order chi connectivity index (χ1) is 15.0. The minimum Gasteiger partial charge on any atom is -0.497 e. The molecule has 0 aliphatic carbocycles. The number of aryl methyl sites for hydroxylation is 1. The van der Waals surface area contributed by atoms with Crippen molar-refractivity contribution in [1.82, 2.24) is 0 Å². The van der Waals surface area contributed by atoms with Crippen molar-refractivity contribution < 1.29 is 14.3 Å². The van der Waals surface area contributed by atoms with E-state index in [1.54, 1.807) is 31.4 Å². The topological polar surface area (TPSA) is 67.4 Å². The molecule has 2 amide bonds. The lowest BCUT2D eigenvalue weighted by atomic mass is 10.2. The molecule has 0 saturated heterocycles. The monoisotopic (exact) mass is 434 g/mol. The molecule has 0 fully saturated rings. The third kappa shape index (κ3) is 6.12. The average molecular weight is 435 g/mol. The Morgan fingerprint density at radius 2 is 1.74 bits per heavy atom. The number of carbonyl (C=O) groups is 2. The number of carbonyl (C=O) groups excluding carboxylic acids is 2. The molecule has 0 spiro atoms. The van der Waals surface area contributed by atoms with Gasteiger partial charge in [0.05, 0.1) is 12.4 Å². The Kier molecular flexibility index (Phi) is 7.73. The van der Waals surface area contributed by atoms with Gasteiger partial charge in [-0.25, -0.2) is 0 Å². The summed E-state index contributed by atoms with van der Waals surface area (Å²) < 4.78 is 5.18. The van der Waals surface area contributed by atoms with E-state index >= 15 is 0 Å². The number of hydrogen-bond acceptors (Lipinski definition) is 4. The predicted octanol–water partition coefficient (Wildman–Crippen LogP) is 5.77. The van der Waals surface area contributed by atoms with Gasteiger partial charge in [0.15, 0.2) is 0 Å². The van der Waals surface area contributed by atoms with Crippen LogP contribution < -0.4 is 15.4 Å². The van der Waals surface area contributed by atoms with Crippen LogP contribution in [0.5, 0.6) is 5.75 Å². The fourth-order valence-electron chi connectivity index (χ4n) is 3.03. The first-order valence-electron chi connectivity index (χ1n) is 10.1. The normalized spacial score (nSPS) is 11.5. The standard InChI is InChI=1S/C25H26N2O3S/c1-4-23(25(29)27-22-14-6-5-9-17(22)2)31-21-13-8-11-19(16-21)26-24(28)18-10-7-12-20(15-18)30-3/h5-16,23H,4H2,1-3H3,(H,26,28)(H,27,29). The number of para-hydroxylation sites is 1. The van der Waals surface area contributed by atoms with Gasteiger partial charge < -0.3 is 15.4 Å². The van der Waals surface area contributed by atoms with E-state index in [0.717, 1.165) is 16.1 Å². The van der Waals surface area contributed by atoms with Gasteiger partial charge in [0.1, 0.15) is 5.75 Å². The Labute approximate surface area is 187 Å². The molecule has 0 heterocycles. The predicted molar refractivity (Wildman–Crippen MR) is 127 cm³/mol. The van der Waals surface area contributed by atoms with Gasteiger partial charge in [0.25, 0.3) is 5.91 Å². The van der Waals surface area contributed by atoms with Gasteiger partial charge in [-0.15, -0.1) is 11.8 Å². The molecule has 3 aromatic carbocycles. The molecule has 0 saturated carbocycles. The Hall–Kier alpha value is -3.25. The summed E-state index contributed by atoms with van der Waals surface area (Å²) in [5.74, 6) is 0.375. The quantitative estimate of drug-likeness (QED) is 0.442. The average Bonchev–Trinajstić information content (AvgIpc) is 2.79. The van der Waals surface area contributed by atoms with Crippen molar-refractivity contribution >= 4 is 35.0 Å². The van der Waals surface area contributed by atoms with Crippen molar-refractivity contribution in [3.05, 3.63) is 83.9 Å². The molecular weight excluding hydrogens is 408 g/mol. The molecule has 2 N–H and O–H groups in total. The van der Waals surface area contributed by atoms with Crippen molar-refractivity contribution in [2.24, 2.45) is 0 Å². The molecule has 0 radical (unpaired) electrons. The number of amides is 2. The van der Waals surface area contributed by atoms with Crippen LogP contribution in [0.4, 0.5) is 11.4 Å². The number of hydrogen-bond donors (Lipinski definition) is 2. The molecule has 0 aliphatic rings. The second-order valence-corrected chi connectivity index (χ2v) is 8.31. The minimum atomic E-state index is -0.246. The molecule has 1 unspecified atom stereocenters. The van der Waals surface area contributed by atoms with E-state index in [1.807, 2.05) is 62.4 Å². The third-order valence-corrected chi connectivity index (χ3v) is 6.13. The highest BCUT2D eigenvalue weighted by Crippen LogP contribution is 2.29. The Morgan fingerprint density at radius 3 is 2.48 bits per heavy atom. The molecule has 160 valence electrons. The molecule has 0 bridgehead atoms. The van der Waals surface area contributed by atoms with Crippen molar-refractivity contribution in [3.63, 3.8) is 0 Å². The Balaban J connectivity index is 1.67. The minimum absolute atomic E-state index is 0.0346. The molecular formula is C25H26N2O3S. The van der Waals surface area contributed by atoms with Crippen LogP contribution in [0.25, 0.3) is 0 Å². The van der Waals surface area contributed by atoms with Gasteiger partial charge in [-0.05, 0) is 61.4 Å². The molecule has 0 aliphatic heterocycles. The maximum Gasteiger partial charge on any atom is 0.255 e. The fourth-order valence-corrected chi connectivity index (χ4v) is 4.04. The molecule has 3 rings (SSSR count). The van der Waals surface area contributed by atoms with E-state index < -0.39 is 0 Å². The summed E-state index contributed by atoms with van der Waals surface area (Å²) in [5, 5.41) is 5.68. The largest absolute Gasteiger partial charge is 0.497 e. The Morgan fingerprint density at radius 1 is 0.968 bits per heavy atom. The second-order valence-electron chi connectivity index (χ2n) is 7.03. The van der Waals surface area contributed by atoms with Gasteiger partial charge in [-0.3, -0.25) is 9.59 Å². The first kappa shape index (κ1) is 22.4. The third-order valence-electron chi connectivity index (χ3n) is 4.77. The van der Waals surface area contributed by atoms with Crippen LogP contribution in [0.15, 0.2) is 77.7 Å². The number of nitrogens with one attached hydrogen (secondary N) is 2. The molecule has 0 aromatic heterocycles. The summed E-state index contributed by atoms with van der Waals surface area (Å²) in [6.45, 7) is 3.96. The highest BCUT2D eigenvalue weighted by molar-refractivity contribution is 8.00. The molecule has 5 nitrogen and oxygen atoms in total. The smallest absolute Gasteiger partial charge is 0.255 e. The summed E-state index contributed by atoms with van der Waals surface area (Å²) in [4.78, 5) is 26.3. The molecule has 31 heavy (non-hydrogen) atoms. The summed E-state index contributed by atoms with van der Waals surface area (Å²) in [7, 11) is 1.57. The van der Waals surface area contributed by atoms with E-state index in [1.165, 1.54) is 11.8 Å². The number of methoxy groups -OCH3 is 1. The van der Waals surface area contributed by atoms with E-state index in [2.05, 4.69) is 10.6 Å². The summed E-state index contributed by atoms with van der Waals surface area (Å²) in [6, 6.07) is 22.2. The Bertz CT molecular complexity index is 1070. The van der Waals surface area contributed by atoms with Crippen molar-refractivity contribution in [1.29, 1.82) is 0 Å². The van der Waals surface area contributed by atoms with Gasteiger partial charge in [0.2, 0.25) is 5.91 Å². The maximum absolute atomic E-state index is 12.8. The van der Waals surface area contributed by atoms with Crippen LogP contribution in [-0.2, 0) is 4.79 Å². The number of thioether (sulfide) groups is 1. The van der Waals surface area contributed by atoms with Gasteiger partial charge >= 0.3 is 0 Å². The van der Waals surface area contributed by atoms with Gasteiger partial charge in [0, 0.05) is 21.8 Å². The van der Waals surface area contributed by atoms with E-state index in [9.17, 15) is 9.59 Å². The van der Waals surface area contributed by atoms with Crippen LogP contribution in [0, 0.1) is 6.92 Å². The molecule has 6 heteroatoms. The van der Waals surface area contributed by atoms with E-state index in [0.29, 0.717) is 23.4 Å². The molecule has 3 aromatic rings. The van der Waals surface area contributed by atoms with Crippen LogP contribution in [0.3, 0.4) is 0 Å². The van der Waals surface area contributed by atoms with Gasteiger partial charge in [-0.2, -0.15) is 0 Å². The zero-order valence-electron chi connectivity index (χ0n) is 17.8. The summed E-state index contributed by atoms with van der Waals surface area (Å²) in [5.41, 5.74) is 3.04. The lowest BCUT2D eigenvalue weighted by Gasteiger charge is -2.16. The van der Waals surface area contributed by atoms with Crippen LogP contribution in [-0.4, -0.2) is 24.2 Å². The summed E-state index contributed by atoms with van der Waals surface area (Å²) >= 11 is 1.48. The zero-order valence-corrected chi connectivity index (χ0v) is 18.7. The van der Waals surface area contributed by atoms with E-state index in [-0.39, 0.29) is 17.1 Å². The number of benzene rings is 3. The van der Waals surface area contributed by atoms with Crippen molar-refractivity contribution in [2.45, 2.75) is 30.4 Å². The summed E-state index contributed by atoms with van der Waals surface area (Å²) in [6.07, 6.45) is 0.683. The first-order valence-corrected chi connectivity index (χ1v) is 11.0. The van der Waals surface area contributed by atoms with Crippen LogP contribution >= 0.6 is 11.8 Å². The van der Waals surface area contributed by atoms with Crippen molar-refractivity contribution in [2.75, 3.05) is 17.7 Å². The lowest BCUT2D eigenvalue weighted by Crippen LogP contribution is -2.24. The SMILES string of the molecule is CCC(Sc1cccc(NC(=O)c2cccc(OC)c2)c1)C(=O)Nc1ccccc1C. The highest BCUT2D eigenvalue weighted by atomic mass is 32.2. The number of rotatable bonds is 8. The lowest BCUT2D eigenvalue weighted by molar-refractivity contribution is -0.115. The fraction of sp³-hybridized carbons (Fsp3) is 0.200. The van der Waals surface area contributed by atoms with Crippen molar-refractivity contribution in [3.8, 4) is 5.75 Å². The van der Waals surface area contributed by atoms with E-state index in [4.69, 9.17) is 4.74 Å². The molecule has 1 atom stereocenters. The van der Waals surface area contributed by atoms with Gasteiger partial charge in [-0.1, -0.05) is 37.3 Å². The zero-order chi connectivity index (χ0) is 22.2. The maximum atomic E-state index is 12.8. The van der Waals surface area contributed by atoms with Crippen LogP contribution in [0.1, 0.15) is 29.3 Å². The number of ether oxygens (including phenoxy) is 1. The number of anilines is 2.